The fourth-order valence-corrected chi connectivity index (χ4v) is 2.51. The van der Waals surface area contributed by atoms with E-state index < -0.39 is 0 Å². The summed E-state index contributed by atoms with van der Waals surface area (Å²) in [5.41, 5.74) is 2.88. The molecule has 0 N–H and O–H groups in total. The first kappa shape index (κ1) is 17.6. The van der Waals surface area contributed by atoms with Gasteiger partial charge in [-0.2, -0.15) is 0 Å². The van der Waals surface area contributed by atoms with E-state index in [4.69, 9.17) is 23.2 Å². The van der Waals surface area contributed by atoms with Gasteiger partial charge in [-0.1, -0.05) is 49.3 Å². The molecule has 0 radical (unpaired) electrons. The van der Waals surface area contributed by atoms with Crippen LogP contribution in [-0.2, 0) is 12.8 Å². The first-order valence-electron chi connectivity index (χ1n) is 7.71. The van der Waals surface area contributed by atoms with E-state index in [-0.39, 0.29) is 0 Å². The third kappa shape index (κ3) is 8.66. The molecule has 0 spiro atoms. The van der Waals surface area contributed by atoms with Crippen molar-refractivity contribution in [2.75, 3.05) is 11.8 Å². The number of halogens is 2. The van der Waals surface area contributed by atoms with Gasteiger partial charge in [0.1, 0.15) is 0 Å². The second-order valence-electron chi connectivity index (χ2n) is 5.16. The highest BCUT2D eigenvalue weighted by Crippen LogP contribution is 2.11. The van der Waals surface area contributed by atoms with Gasteiger partial charge in [-0.15, -0.1) is 23.2 Å². The van der Waals surface area contributed by atoms with Gasteiger partial charge in [-0.05, 0) is 49.7 Å². The number of alkyl halides is 2. The average molecular weight is 313 g/mol. The first-order chi connectivity index (χ1) is 9.86. The predicted molar refractivity (Wildman–Crippen MR) is 92.1 cm³/mol. The van der Waals surface area contributed by atoms with E-state index in [9.17, 15) is 0 Å². The van der Waals surface area contributed by atoms with Crippen LogP contribution in [0.5, 0.6) is 0 Å². The van der Waals surface area contributed by atoms with Crippen molar-refractivity contribution in [2.45, 2.75) is 51.4 Å². The molecule has 112 valence electrons. The highest BCUT2D eigenvalue weighted by molar-refractivity contribution is 6.18. The lowest BCUT2D eigenvalue weighted by Gasteiger charge is -2.03. The summed E-state index contributed by atoms with van der Waals surface area (Å²) >= 11 is 11.3. The zero-order valence-corrected chi connectivity index (χ0v) is 13.8. The number of unbranched alkanes of at least 4 members (excludes halogenated alkanes) is 3. The molecule has 0 aliphatic heterocycles. The maximum Gasteiger partial charge on any atom is 0.0257 e. The maximum atomic E-state index is 5.67. The van der Waals surface area contributed by atoms with E-state index >= 15 is 0 Å². The highest BCUT2D eigenvalue weighted by atomic mass is 35.5. The summed E-state index contributed by atoms with van der Waals surface area (Å²) in [5.74, 6) is 1.52. The van der Waals surface area contributed by atoms with Gasteiger partial charge >= 0.3 is 0 Å². The van der Waals surface area contributed by atoms with Crippen LogP contribution in [0.15, 0.2) is 36.4 Å². The molecule has 0 saturated heterocycles. The lowest BCUT2D eigenvalue weighted by Crippen LogP contribution is -1.89. The molecule has 0 heterocycles. The maximum absolute atomic E-state index is 5.67. The van der Waals surface area contributed by atoms with E-state index in [1.165, 1.54) is 36.8 Å². The third-order valence-electron chi connectivity index (χ3n) is 3.41. The molecule has 0 aliphatic rings. The molecule has 0 bridgehead atoms. The van der Waals surface area contributed by atoms with Crippen LogP contribution in [0.1, 0.15) is 49.7 Å². The van der Waals surface area contributed by atoms with Crippen LogP contribution in [0.3, 0.4) is 0 Å². The predicted octanol–water partition coefficient (Wildman–Crippen LogP) is 6.15. The molecule has 1 aromatic carbocycles. The van der Waals surface area contributed by atoms with Crippen LogP contribution in [0.2, 0.25) is 0 Å². The fraction of sp³-hybridized carbons (Fsp3) is 0.556. The monoisotopic (exact) mass is 312 g/mol. The molecule has 0 aromatic heterocycles. The topological polar surface area (TPSA) is 0 Å². The molecular formula is C18H26Cl2. The van der Waals surface area contributed by atoms with E-state index in [0.29, 0.717) is 0 Å². The number of rotatable bonds is 11. The van der Waals surface area contributed by atoms with Gasteiger partial charge in [-0.3, -0.25) is 0 Å². The quantitative estimate of drug-likeness (QED) is 0.261. The Morgan fingerprint density at radius 3 is 1.90 bits per heavy atom. The smallest absolute Gasteiger partial charge is 0.0257 e. The summed E-state index contributed by atoms with van der Waals surface area (Å²) in [5, 5.41) is 0. The number of aryl methyl sites for hydroxylation is 2. The van der Waals surface area contributed by atoms with Crippen molar-refractivity contribution in [3.05, 3.63) is 47.5 Å². The Kier molecular flexibility index (Phi) is 10.8. The molecule has 0 saturated carbocycles. The molecule has 1 rings (SSSR count). The largest absolute Gasteiger partial charge is 0.127 e. The first-order valence-corrected chi connectivity index (χ1v) is 8.78. The Hall–Kier alpha value is -0.460. The zero-order chi connectivity index (χ0) is 14.5. The minimum atomic E-state index is 0.718. The third-order valence-corrected chi connectivity index (χ3v) is 3.90. The summed E-state index contributed by atoms with van der Waals surface area (Å²) in [7, 11) is 0. The summed E-state index contributed by atoms with van der Waals surface area (Å²) in [6.45, 7) is 0. The molecule has 0 amide bonds. The Bertz CT molecular complexity index is 354. The fourth-order valence-electron chi connectivity index (χ4n) is 2.20. The van der Waals surface area contributed by atoms with Crippen molar-refractivity contribution >= 4 is 23.2 Å². The molecule has 0 aliphatic carbocycles. The summed E-state index contributed by atoms with van der Waals surface area (Å²) in [6, 6.07) is 9.09. The number of hydrogen-bond acceptors (Lipinski definition) is 0. The van der Waals surface area contributed by atoms with E-state index in [0.717, 1.165) is 37.4 Å². The Morgan fingerprint density at radius 1 is 0.650 bits per heavy atom. The Balaban J connectivity index is 2.19. The molecule has 20 heavy (non-hydrogen) atoms. The van der Waals surface area contributed by atoms with Gasteiger partial charge in [-0.25, -0.2) is 0 Å². The van der Waals surface area contributed by atoms with Crippen molar-refractivity contribution in [2.24, 2.45) is 0 Å². The second-order valence-corrected chi connectivity index (χ2v) is 5.91. The Morgan fingerprint density at radius 2 is 1.25 bits per heavy atom. The lowest BCUT2D eigenvalue weighted by atomic mass is 10.0. The van der Waals surface area contributed by atoms with Crippen molar-refractivity contribution < 1.29 is 0 Å². The molecule has 1 aromatic rings. The number of benzene rings is 1. The molecular weight excluding hydrogens is 287 g/mol. The summed E-state index contributed by atoms with van der Waals surface area (Å²) in [6.07, 6.45) is 13.8. The molecule has 0 nitrogen and oxygen atoms in total. The van der Waals surface area contributed by atoms with Gasteiger partial charge in [0.05, 0.1) is 0 Å². The van der Waals surface area contributed by atoms with Crippen molar-refractivity contribution in [3.8, 4) is 0 Å². The zero-order valence-electron chi connectivity index (χ0n) is 12.3. The number of hydrogen-bond donors (Lipinski definition) is 0. The van der Waals surface area contributed by atoms with Crippen LogP contribution >= 0.6 is 23.2 Å². The summed E-state index contributed by atoms with van der Waals surface area (Å²) in [4.78, 5) is 0. The van der Waals surface area contributed by atoms with E-state index in [1.807, 2.05) is 0 Å². The van der Waals surface area contributed by atoms with Crippen LogP contribution in [0.4, 0.5) is 0 Å². The SMILES string of the molecule is ClCC/C=C/CCc1ccc(CCCCCCCl)cc1. The van der Waals surface area contributed by atoms with Crippen LogP contribution in [0, 0.1) is 0 Å². The van der Waals surface area contributed by atoms with Crippen molar-refractivity contribution in [1.29, 1.82) is 0 Å². The normalized spacial score (nSPS) is 11.3. The second kappa shape index (κ2) is 12.3. The van der Waals surface area contributed by atoms with E-state index in [2.05, 4.69) is 36.4 Å². The summed E-state index contributed by atoms with van der Waals surface area (Å²) < 4.78 is 0. The van der Waals surface area contributed by atoms with Gasteiger partial charge in [0, 0.05) is 11.8 Å². The minimum Gasteiger partial charge on any atom is -0.127 e. The Labute approximate surface area is 134 Å². The average Bonchev–Trinajstić information content (AvgIpc) is 2.48. The molecule has 0 fully saturated rings. The van der Waals surface area contributed by atoms with Crippen LogP contribution < -0.4 is 0 Å². The molecule has 2 heteroatoms. The van der Waals surface area contributed by atoms with Crippen LogP contribution in [0.25, 0.3) is 0 Å². The minimum absolute atomic E-state index is 0.718. The highest BCUT2D eigenvalue weighted by Gasteiger charge is 1.96. The number of allylic oxidation sites excluding steroid dienone is 2. The van der Waals surface area contributed by atoms with E-state index in [1.54, 1.807) is 0 Å². The lowest BCUT2D eigenvalue weighted by molar-refractivity contribution is 0.669. The van der Waals surface area contributed by atoms with Gasteiger partial charge in [0.15, 0.2) is 0 Å². The van der Waals surface area contributed by atoms with Gasteiger partial charge in [0.25, 0.3) is 0 Å². The van der Waals surface area contributed by atoms with Gasteiger partial charge < -0.3 is 0 Å². The van der Waals surface area contributed by atoms with Crippen molar-refractivity contribution in [1.82, 2.24) is 0 Å². The standard InChI is InChI=1S/C18H26Cl2/c19-15-7-3-1-5-9-17-11-13-18(14-12-17)10-6-2-4-8-16-20/h1,3,11-14H,2,4-10,15-16H2/b3-1+. The van der Waals surface area contributed by atoms with Crippen molar-refractivity contribution in [3.63, 3.8) is 0 Å². The molecule has 0 atom stereocenters. The van der Waals surface area contributed by atoms with Gasteiger partial charge in [0.2, 0.25) is 0 Å². The van der Waals surface area contributed by atoms with Crippen LogP contribution in [-0.4, -0.2) is 11.8 Å². The molecule has 0 unspecified atom stereocenters.